The van der Waals surface area contributed by atoms with Gasteiger partial charge in [-0.1, -0.05) is 6.92 Å². The van der Waals surface area contributed by atoms with E-state index in [2.05, 4.69) is 12.3 Å². The molecule has 1 aliphatic rings. The number of hydrazine groups is 1. The number of carbonyl (C=O) groups excluding carboxylic acids is 1. The molecule has 0 bridgehead atoms. The second kappa shape index (κ2) is 2.81. The molecule has 0 aromatic heterocycles. The van der Waals surface area contributed by atoms with E-state index in [0.29, 0.717) is 0 Å². The van der Waals surface area contributed by atoms with Crippen molar-refractivity contribution in [2.75, 3.05) is 14.1 Å². The van der Waals surface area contributed by atoms with Crippen molar-refractivity contribution in [1.29, 1.82) is 0 Å². The van der Waals surface area contributed by atoms with Gasteiger partial charge in [-0.25, -0.2) is 5.01 Å². The van der Waals surface area contributed by atoms with Gasteiger partial charge < -0.3 is 0 Å². The highest BCUT2D eigenvalue weighted by Gasteiger charge is 2.48. The Bertz CT molecular complexity index is 161. The Morgan fingerprint density at radius 1 is 1.55 bits per heavy atom. The Kier molecular flexibility index (Phi) is 2.18. The minimum Gasteiger partial charge on any atom is -0.289 e. The fraction of sp³-hybridized carbons (Fsp3) is 0.875. The van der Waals surface area contributed by atoms with E-state index in [1.54, 1.807) is 5.01 Å². The third kappa shape index (κ3) is 1.71. The first-order valence-corrected chi connectivity index (χ1v) is 4.09. The summed E-state index contributed by atoms with van der Waals surface area (Å²) >= 11 is 0. The summed E-state index contributed by atoms with van der Waals surface area (Å²) in [5, 5.41) is 1.71. The van der Waals surface area contributed by atoms with E-state index in [1.807, 2.05) is 14.1 Å². The van der Waals surface area contributed by atoms with Crippen molar-refractivity contribution in [2.45, 2.75) is 26.2 Å². The zero-order chi connectivity index (χ0) is 8.48. The van der Waals surface area contributed by atoms with Crippen LogP contribution >= 0.6 is 0 Å². The Hall–Kier alpha value is -0.570. The van der Waals surface area contributed by atoms with Gasteiger partial charge in [-0.15, -0.1) is 0 Å². The van der Waals surface area contributed by atoms with Gasteiger partial charge in [0.25, 0.3) is 0 Å². The van der Waals surface area contributed by atoms with Crippen LogP contribution in [0, 0.1) is 5.41 Å². The van der Waals surface area contributed by atoms with Crippen LogP contribution in [0.2, 0.25) is 0 Å². The molecule has 0 radical (unpaired) electrons. The summed E-state index contributed by atoms with van der Waals surface area (Å²) in [5.41, 5.74) is 2.78. The van der Waals surface area contributed by atoms with E-state index < -0.39 is 0 Å². The van der Waals surface area contributed by atoms with Crippen molar-refractivity contribution >= 4 is 5.91 Å². The second-order valence-electron chi connectivity index (χ2n) is 3.47. The van der Waals surface area contributed by atoms with Gasteiger partial charge >= 0.3 is 0 Å². The highest BCUT2D eigenvalue weighted by Crippen LogP contribution is 2.48. The molecule has 1 saturated carbocycles. The van der Waals surface area contributed by atoms with Gasteiger partial charge in [0, 0.05) is 14.1 Å². The number of amides is 1. The monoisotopic (exact) mass is 156 g/mol. The highest BCUT2D eigenvalue weighted by molar-refractivity contribution is 5.84. The molecule has 0 aromatic rings. The molecule has 0 saturated heterocycles. The molecule has 1 fully saturated rings. The number of nitrogens with one attached hydrogen (secondary N) is 1. The number of rotatable bonds is 3. The zero-order valence-corrected chi connectivity index (χ0v) is 7.48. The molecular formula is C8H16N2O. The summed E-state index contributed by atoms with van der Waals surface area (Å²) in [6.45, 7) is 2.07. The topological polar surface area (TPSA) is 32.3 Å². The summed E-state index contributed by atoms with van der Waals surface area (Å²) < 4.78 is 0. The molecule has 3 heteroatoms. The minimum absolute atomic E-state index is 0.00965. The van der Waals surface area contributed by atoms with Crippen LogP contribution < -0.4 is 5.43 Å². The van der Waals surface area contributed by atoms with E-state index in [4.69, 9.17) is 0 Å². The Morgan fingerprint density at radius 2 is 2.09 bits per heavy atom. The van der Waals surface area contributed by atoms with E-state index in [9.17, 15) is 4.79 Å². The van der Waals surface area contributed by atoms with E-state index >= 15 is 0 Å². The van der Waals surface area contributed by atoms with Crippen LogP contribution in [0.4, 0.5) is 0 Å². The third-order valence-corrected chi connectivity index (χ3v) is 2.34. The van der Waals surface area contributed by atoms with Gasteiger partial charge in [0.2, 0.25) is 5.91 Å². The maximum Gasteiger partial charge on any atom is 0.240 e. The largest absolute Gasteiger partial charge is 0.289 e. The lowest BCUT2D eigenvalue weighted by Crippen LogP contribution is -2.40. The van der Waals surface area contributed by atoms with E-state index in [0.717, 1.165) is 19.3 Å². The van der Waals surface area contributed by atoms with Crippen LogP contribution in [0.5, 0.6) is 0 Å². The van der Waals surface area contributed by atoms with Gasteiger partial charge in [-0.2, -0.15) is 0 Å². The molecular weight excluding hydrogens is 140 g/mol. The second-order valence-corrected chi connectivity index (χ2v) is 3.47. The molecule has 1 N–H and O–H groups in total. The normalized spacial score (nSPS) is 20.0. The van der Waals surface area contributed by atoms with Crippen LogP contribution in [-0.2, 0) is 4.79 Å². The first-order valence-electron chi connectivity index (χ1n) is 4.09. The molecule has 1 aliphatic carbocycles. The average Bonchev–Trinajstić information content (AvgIpc) is 2.65. The lowest BCUT2D eigenvalue weighted by Gasteiger charge is -2.17. The lowest BCUT2D eigenvalue weighted by molar-refractivity contribution is -0.130. The van der Waals surface area contributed by atoms with Gasteiger partial charge in [0.15, 0.2) is 0 Å². The number of nitrogens with zero attached hydrogens (tertiary/aromatic N) is 1. The minimum atomic E-state index is -0.00965. The molecule has 0 unspecified atom stereocenters. The lowest BCUT2D eigenvalue weighted by atomic mass is 10.0. The standard InChI is InChI=1S/C8H16N2O/c1-4-8(5-6-8)7(11)9-10(2)3/h4-6H2,1-3H3,(H,9,11). The first kappa shape index (κ1) is 8.53. The Morgan fingerprint density at radius 3 is 2.36 bits per heavy atom. The Labute approximate surface area is 67.7 Å². The molecule has 11 heavy (non-hydrogen) atoms. The average molecular weight is 156 g/mol. The van der Waals surface area contributed by atoms with Crippen LogP contribution in [0.1, 0.15) is 26.2 Å². The van der Waals surface area contributed by atoms with Gasteiger partial charge in [-0.3, -0.25) is 10.2 Å². The predicted molar refractivity (Wildman–Crippen MR) is 43.8 cm³/mol. The molecule has 64 valence electrons. The maximum atomic E-state index is 11.4. The molecule has 0 aromatic carbocycles. The van der Waals surface area contributed by atoms with Crippen molar-refractivity contribution in [2.24, 2.45) is 5.41 Å². The molecule has 0 spiro atoms. The first-order chi connectivity index (χ1) is 5.10. The summed E-state index contributed by atoms with van der Waals surface area (Å²) in [5.74, 6) is 0.185. The maximum absolute atomic E-state index is 11.4. The SMILES string of the molecule is CCC1(C(=O)NN(C)C)CC1. The van der Waals surface area contributed by atoms with Crippen LogP contribution in [0.3, 0.4) is 0 Å². The third-order valence-electron chi connectivity index (χ3n) is 2.34. The highest BCUT2D eigenvalue weighted by atomic mass is 16.2. The summed E-state index contributed by atoms with van der Waals surface area (Å²) in [7, 11) is 3.67. The van der Waals surface area contributed by atoms with Crippen molar-refractivity contribution in [3.8, 4) is 0 Å². The molecule has 0 aliphatic heterocycles. The fourth-order valence-electron chi connectivity index (χ4n) is 1.21. The molecule has 0 atom stereocenters. The smallest absolute Gasteiger partial charge is 0.240 e. The Balaban J connectivity index is 2.41. The van der Waals surface area contributed by atoms with Crippen molar-refractivity contribution < 1.29 is 4.79 Å². The molecule has 0 heterocycles. The number of carbonyl (C=O) groups is 1. The van der Waals surface area contributed by atoms with Gasteiger partial charge in [0.1, 0.15) is 0 Å². The van der Waals surface area contributed by atoms with Crippen molar-refractivity contribution in [1.82, 2.24) is 10.4 Å². The van der Waals surface area contributed by atoms with Crippen LogP contribution in [0.25, 0.3) is 0 Å². The molecule has 1 amide bonds. The molecule has 3 nitrogen and oxygen atoms in total. The van der Waals surface area contributed by atoms with Gasteiger partial charge in [-0.05, 0) is 19.3 Å². The predicted octanol–water partition coefficient (Wildman–Crippen LogP) is 0.769. The fourth-order valence-corrected chi connectivity index (χ4v) is 1.21. The van der Waals surface area contributed by atoms with Crippen molar-refractivity contribution in [3.63, 3.8) is 0 Å². The zero-order valence-electron chi connectivity index (χ0n) is 7.48. The van der Waals surface area contributed by atoms with Crippen LogP contribution in [-0.4, -0.2) is 25.0 Å². The molecule has 1 rings (SSSR count). The van der Waals surface area contributed by atoms with Crippen molar-refractivity contribution in [3.05, 3.63) is 0 Å². The van der Waals surface area contributed by atoms with E-state index in [-0.39, 0.29) is 11.3 Å². The number of hydrogen-bond donors (Lipinski definition) is 1. The van der Waals surface area contributed by atoms with E-state index in [1.165, 1.54) is 0 Å². The summed E-state index contributed by atoms with van der Waals surface area (Å²) in [6.07, 6.45) is 3.08. The summed E-state index contributed by atoms with van der Waals surface area (Å²) in [6, 6.07) is 0. The number of hydrogen-bond acceptors (Lipinski definition) is 2. The summed E-state index contributed by atoms with van der Waals surface area (Å²) in [4.78, 5) is 11.4. The van der Waals surface area contributed by atoms with Crippen LogP contribution in [0.15, 0.2) is 0 Å². The quantitative estimate of drug-likeness (QED) is 0.612. The van der Waals surface area contributed by atoms with Gasteiger partial charge in [0.05, 0.1) is 5.41 Å².